The first-order valence-corrected chi connectivity index (χ1v) is 11.9. The molecule has 3 aliphatic rings. The van der Waals surface area contributed by atoms with Crippen molar-refractivity contribution in [2.75, 3.05) is 19.1 Å². The Labute approximate surface area is 212 Å². The minimum absolute atomic E-state index is 0.195. The summed E-state index contributed by atoms with van der Waals surface area (Å²) < 4.78 is 17.0. The van der Waals surface area contributed by atoms with Gasteiger partial charge in [0.25, 0.3) is 0 Å². The third-order valence-corrected chi connectivity index (χ3v) is 7.55. The molecule has 6 rings (SSSR count). The monoisotopic (exact) mass is 497 g/mol. The summed E-state index contributed by atoms with van der Waals surface area (Å²) in [5.74, 6) is -4.00. The van der Waals surface area contributed by atoms with Crippen LogP contribution in [0.5, 0.6) is 11.5 Å². The number of ether oxygens (including phenoxy) is 3. The van der Waals surface area contributed by atoms with Gasteiger partial charge < -0.3 is 14.2 Å². The minimum atomic E-state index is -2.11. The Hall–Kier alpha value is -4.30. The Morgan fingerprint density at radius 3 is 2.00 bits per heavy atom. The van der Waals surface area contributed by atoms with Crippen molar-refractivity contribution in [3.8, 4) is 11.5 Å². The summed E-state index contributed by atoms with van der Waals surface area (Å²) in [5.41, 5.74) is 0.150. The number of hydrogen-bond acceptors (Lipinski definition) is 7. The Kier molecular flexibility index (Phi) is 5.07. The van der Waals surface area contributed by atoms with Crippen molar-refractivity contribution < 1.29 is 33.4 Å². The molecule has 0 bridgehead atoms. The van der Waals surface area contributed by atoms with Crippen LogP contribution >= 0.6 is 0 Å². The quantitative estimate of drug-likeness (QED) is 0.400. The molecule has 186 valence electrons. The zero-order valence-electron chi connectivity index (χ0n) is 20.4. The topological polar surface area (TPSA) is 99.2 Å². The summed E-state index contributed by atoms with van der Waals surface area (Å²) in [4.78, 5) is 56.7. The highest BCUT2D eigenvalue weighted by Gasteiger charge is 2.74. The number of hydrogen-bond donors (Lipinski definition) is 0. The molecule has 0 N–H and O–H groups in total. The molecule has 0 saturated carbocycles. The van der Waals surface area contributed by atoms with Gasteiger partial charge in [0.2, 0.25) is 29.0 Å². The van der Waals surface area contributed by atoms with Gasteiger partial charge in [0.15, 0.2) is 11.5 Å². The van der Waals surface area contributed by atoms with Crippen LogP contribution in [0.15, 0.2) is 66.7 Å². The number of methoxy groups -OCH3 is 2. The van der Waals surface area contributed by atoms with Crippen LogP contribution in [0, 0.1) is 18.8 Å². The molecule has 8 nitrogen and oxygen atoms in total. The second kappa shape index (κ2) is 8.11. The number of Topliss-reactive ketones (excluding diaryl/α,β-unsaturated/α-hetero) is 2. The molecule has 1 aliphatic carbocycles. The van der Waals surface area contributed by atoms with E-state index in [9.17, 15) is 19.2 Å². The predicted octanol–water partition coefficient (Wildman–Crippen LogP) is 3.71. The Morgan fingerprint density at radius 2 is 1.41 bits per heavy atom. The van der Waals surface area contributed by atoms with E-state index in [1.807, 2.05) is 19.1 Å². The average molecular weight is 498 g/mol. The molecule has 3 aromatic carbocycles. The van der Waals surface area contributed by atoms with Gasteiger partial charge in [0.05, 0.1) is 37.8 Å². The molecule has 2 saturated heterocycles. The van der Waals surface area contributed by atoms with Crippen LogP contribution in [0.2, 0.25) is 0 Å². The summed E-state index contributed by atoms with van der Waals surface area (Å²) in [6.07, 6.45) is -0.964. The van der Waals surface area contributed by atoms with Crippen molar-refractivity contribution in [1.82, 2.24) is 0 Å². The fourth-order valence-electron chi connectivity index (χ4n) is 5.79. The number of carbonyl (C=O) groups excluding carboxylic acids is 4. The van der Waals surface area contributed by atoms with E-state index in [0.29, 0.717) is 17.1 Å². The number of rotatable bonds is 4. The lowest BCUT2D eigenvalue weighted by molar-refractivity contribution is -0.127. The third-order valence-electron chi connectivity index (χ3n) is 7.55. The van der Waals surface area contributed by atoms with Crippen molar-refractivity contribution in [2.24, 2.45) is 11.8 Å². The van der Waals surface area contributed by atoms with Crippen LogP contribution in [0.25, 0.3) is 0 Å². The van der Waals surface area contributed by atoms with E-state index in [1.54, 1.807) is 48.5 Å². The van der Waals surface area contributed by atoms with Crippen LogP contribution in [0.4, 0.5) is 5.69 Å². The van der Waals surface area contributed by atoms with E-state index < -0.39 is 46.9 Å². The van der Waals surface area contributed by atoms with Gasteiger partial charge in [0, 0.05) is 17.2 Å². The molecule has 3 atom stereocenters. The molecular formula is C29H23NO7. The van der Waals surface area contributed by atoms with Gasteiger partial charge in [0.1, 0.15) is 0 Å². The highest BCUT2D eigenvalue weighted by Crippen LogP contribution is 2.57. The van der Waals surface area contributed by atoms with Crippen LogP contribution in [0.1, 0.15) is 37.9 Å². The highest BCUT2D eigenvalue weighted by molar-refractivity contribution is 6.37. The van der Waals surface area contributed by atoms with Gasteiger partial charge in [-0.1, -0.05) is 54.1 Å². The zero-order valence-corrected chi connectivity index (χ0v) is 20.4. The standard InChI is InChI=1S/C29H23NO7/c1-15-8-10-16(11-9-15)24-22-23(29(37-24)25(31)18-6-4-5-7-19(18)26(29)32)28(34)30(27(22)33)17-12-13-20(35-2)21(14-17)36-3/h4-14,22-24H,1-3H3/t22-,23-,24+/m0/s1. The summed E-state index contributed by atoms with van der Waals surface area (Å²) in [6, 6.07) is 18.4. The fraction of sp³-hybridized carbons (Fsp3) is 0.241. The first-order valence-electron chi connectivity index (χ1n) is 11.9. The van der Waals surface area contributed by atoms with Crippen molar-refractivity contribution in [2.45, 2.75) is 18.6 Å². The van der Waals surface area contributed by atoms with Crippen LogP contribution in [-0.2, 0) is 14.3 Å². The Morgan fingerprint density at radius 1 is 0.784 bits per heavy atom. The van der Waals surface area contributed by atoms with Crippen molar-refractivity contribution in [3.63, 3.8) is 0 Å². The fourth-order valence-corrected chi connectivity index (χ4v) is 5.79. The van der Waals surface area contributed by atoms with Crippen molar-refractivity contribution >= 4 is 29.1 Å². The molecule has 8 heteroatoms. The molecule has 2 heterocycles. The van der Waals surface area contributed by atoms with Gasteiger partial charge >= 0.3 is 0 Å². The average Bonchev–Trinajstić information content (AvgIpc) is 3.48. The summed E-state index contributed by atoms with van der Waals surface area (Å²) in [5, 5.41) is 0. The zero-order chi connectivity index (χ0) is 26.1. The minimum Gasteiger partial charge on any atom is -0.493 e. The predicted molar refractivity (Wildman–Crippen MR) is 132 cm³/mol. The maximum Gasteiger partial charge on any atom is 0.241 e. The molecule has 2 fully saturated rings. The van der Waals surface area contributed by atoms with Crippen LogP contribution in [-0.4, -0.2) is 43.2 Å². The molecule has 0 aromatic heterocycles. The first-order chi connectivity index (χ1) is 17.8. The van der Waals surface area contributed by atoms with Gasteiger partial charge in [-0.3, -0.25) is 19.2 Å². The SMILES string of the molecule is COc1ccc(N2C(=O)[C@@H]3[C@@H](c4ccc(C)cc4)OC4(C(=O)c5ccccc5C4=O)[C@@H]3C2=O)cc1OC. The number of ketones is 2. The summed E-state index contributed by atoms with van der Waals surface area (Å²) >= 11 is 0. The molecule has 0 unspecified atom stereocenters. The summed E-state index contributed by atoms with van der Waals surface area (Å²) in [6.45, 7) is 1.92. The molecule has 0 radical (unpaired) electrons. The van der Waals surface area contributed by atoms with E-state index in [4.69, 9.17) is 14.2 Å². The number of aryl methyl sites for hydroxylation is 1. The number of benzene rings is 3. The molecule has 3 aromatic rings. The molecule has 2 amide bonds. The molecular weight excluding hydrogens is 474 g/mol. The van der Waals surface area contributed by atoms with Gasteiger partial charge in [-0.15, -0.1) is 0 Å². The maximum atomic E-state index is 14.0. The number of imide groups is 1. The Bertz CT molecular complexity index is 1460. The number of amides is 2. The molecule has 1 spiro atoms. The van der Waals surface area contributed by atoms with Crippen LogP contribution in [0.3, 0.4) is 0 Å². The van der Waals surface area contributed by atoms with Crippen LogP contribution < -0.4 is 14.4 Å². The first kappa shape index (κ1) is 23.1. The lowest BCUT2D eigenvalue weighted by atomic mass is 9.77. The maximum absolute atomic E-state index is 14.0. The van der Waals surface area contributed by atoms with E-state index in [2.05, 4.69) is 0 Å². The second-order valence-electron chi connectivity index (χ2n) is 9.44. The normalized spacial score (nSPS) is 23.5. The van der Waals surface area contributed by atoms with Gasteiger partial charge in [-0.25, -0.2) is 4.90 Å². The number of fused-ring (bicyclic) bond motifs is 3. The molecule has 37 heavy (non-hydrogen) atoms. The second-order valence-corrected chi connectivity index (χ2v) is 9.44. The van der Waals surface area contributed by atoms with E-state index in [0.717, 1.165) is 10.5 Å². The van der Waals surface area contributed by atoms with Gasteiger partial charge in [-0.05, 0) is 24.6 Å². The smallest absolute Gasteiger partial charge is 0.241 e. The van der Waals surface area contributed by atoms with Crippen molar-refractivity contribution in [3.05, 3.63) is 89.0 Å². The lowest BCUT2D eigenvalue weighted by Gasteiger charge is -2.27. The number of anilines is 1. The van der Waals surface area contributed by atoms with E-state index >= 15 is 0 Å². The Balaban J connectivity index is 1.52. The van der Waals surface area contributed by atoms with E-state index in [1.165, 1.54) is 20.3 Å². The largest absolute Gasteiger partial charge is 0.493 e. The number of nitrogens with zero attached hydrogens (tertiary/aromatic N) is 1. The van der Waals surface area contributed by atoms with E-state index in [-0.39, 0.29) is 16.8 Å². The van der Waals surface area contributed by atoms with Gasteiger partial charge in [-0.2, -0.15) is 0 Å². The molecule has 2 aliphatic heterocycles. The highest BCUT2D eigenvalue weighted by atomic mass is 16.5. The third kappa shape index (κ3) is 2.99. The summed E-state index contributed by atoms with van der Waals surface area (Å²) in [7, 11) is 2.93. The number of carbonyl (C=O) groups is 4. The lowest BCUT2D eigenvalue weighted by Crippen LogP contribution is -2.51. The van der Waals surface area contributed by atoms with Crippen molar-refractivity contribution in [1.29, 1.82) is 0 Å².